The number of aryl methyl sites for hydroxylation is 1. The summed E-state index contributed by atoms with van der Waals surface area (Å²) >= 11 is 0. The van der Waals surface area contributed by atoms with Crippen molar-refractivity contribution in [3.63, 3.8) is 0 Å². The molecule has 0 spiro atoms. The average Bonchev–Trinajstić information content (AvgIpc) is 2.98. The lowest BCUT2D eigenvalue weighted by molar-refractivity contribution is 0.275. The fraction of sp³-hybridized carbons (Fsp3) is 0.190. The van der Waals surface area contributed by atoms with E-state index < -0.39 is 0 Å². The minimum Gasteiger partial charge on any atom is -0.507 e. The molecule has 26 heavy (non-hydrogen) atoms. The van der Waals surface area contributed by atoms with Gasteiger partial charge < -0.3 is 19.9 Å². The Labute approximate surface area is 150 Å². The Kier molecular flexibility index (Phi) is 4.11. The maximum absolute atomic E-state index is 10.5. The number of benzene rings is 2. The van der Waals surface area contributed by atoms with E-state index in [0.717, 1.165) is 38.6 Å². The van der Waals surface area contributed by atoms with Crippen molar-refractivity contribution in [3.8, 4) is 5.75 Å². The van der Waals surface area contributed by atoms with Gasteiger partial charge in [0.1, 0.15) is 5.75 Å². The Balaban J connectivity index is 2.00. The van der Waals surface area contributed by atoms with Crippen LogP contribution in [0.4, 0.5) is 0 Å². The van der Waals surface area contributed by atoms with E-state index in [4.69, 9.17) is 0 Å². The fourth-order valence-electron chi connectivity index (χ4n) is 3.60. The second kappa shape index (κ2) is 6.44. The highest BCUT2D eigenvalue weighted by Crippen LogP contribution is 2.33. The summed E-state index contributed by atoms with van der Waals surface area (Å²) in [6, 6.07) is 13.3. The number of aromatic hydroxyl groups is 1. The SMILES string of the molecule is Cc1nccc2c3ccc(CO)cc3n(Cc3cccc(CO)c3O)c12. The third-order valence-electron chi connectivity index (χ3n) is 4.90. The smallest absolute Gasteiger partial charge is 0.126 e. The number of phenols is 1. The molecule has 0 bridgehead atoms. The van der Waals surface area contributed by atoms with Crippen molar-refractivity contribution in [2.75, 3.05) is 0 Å². The maximum atomic E-state index is 10.5. The molecule has 0 saturated carbocycles. The van der Waals surface area contributed by atoms with Gasteiger partial charge >= 0.3 is 0 Å². The van der Waals surface area contributed by atoms with E-state index in [1.165, 1.54) is 0 Å². The van der Waals surface area contributed by atoms with Crippen LogP contribution in [0.2, 0.25) is 0 Å². The Morgan fingerprint density at radius 1 is 0.962 bits per heavy atom. The van der Waals surface area contributed by atoms with Crippen molar-refractivity contribution in [2.24, 2.45) is 0 Å². The van der Waals surface area contributed by atoms with Gasteiger partial charge in [-0.15, -0.1) is 0 Å². The molecule has 4 rings (SSSR count). The van der Waals surface area contributed by atoms with Crippen molar-refractivity contribution in [3.05, 3.63) is 71.0 Å². The zero-order valence-electron chi connectivity index (χ0n) is 14.5. The van der Waals surface area contributed by atoms with Gasteiger partial charge in [-0.05, 0) is 24.6 Å². The zero-order chi connectivity index (χ0) is 18.3. The zero-order valence-corrected chi connectivity index (χ0v) is 14.5. The molecule has 0 aliphatic rings. The molecule has 0 atom stereocenters. The Bertz CT molecular complexity index is 1120. The van der Waals surface area contributed by atoms with E-state index >= 15 is 0 Å². The molecule has 0 aliphatic carbocycles. The molecule has 2 aromatic carbocycles. The molecule has 0 radical (unpaired) electrons. The average molecular weight is 348 g/mol. The van der Waals surface area contributed by atoms with Gasteiger partial charge in [0.15, 0.2) is 0 Å². The van der Waals surface area contributed by atoms with Crippen molar-refractivity contribution in [2.45, 2.75) is 26.7 Å². The standard InChI is InChI=1S/C21H20N2O3/c1-13-20-18(7-8-22-13)17-6-5-14(11-24)9-19(17)23(20)10-15-3-2-4-16(12-25)21(15)26/h2-9,24-26H,10-12H2,1H3. The second-order valence-corrected chi connectivity index (χ2v) is 6.47. The molecular weight excluding hydrogens is 328 g/mol. The quantitative estimate of drug-likeness (QED) is 0.529. The predicted molar refractivity (Wildman–Crippen MR) is 101 cm³/mol. The summed E-state index contributed by atoms with van der Waals surface area (Å²) in [6.45, 7) is 2.18. The molecule has 0 aliphatic heterocycles. The van der Waals surface area contributed by atoms with Gasteiger partial charge in [-0.25, -0.2) is 0 Å². The van der Waals surface area contributed by atoms with Crippen molar-refractivity contribution >= 4 is 21.8 Å². The molecule has 4 aromatic rings. The van der Waals surface area contributed by atoms with Crippen LogP contribution in [0, 0.1) is 6.92 Å². The summed E-state index contributed by atoms with van der Waals surface area (Å²) in [4.78, 5) is 4.43. The van der Waals surface area contributed by atoms with Crippen LogP contribution in [0.5, 0.6) is 5.75 Å². The lowest BCUT2D eigenvalue weighted by atomic mass is 10.1. The molecule has 2 aromatic heterocycles. The maximum Gasteiger partial charge on any atom is 0.126 e. The van der Waals surface area contributed by atoms with Gasteiger partial charge in [0, 0.05) is 33.6 Å². The van der Waals surface area contributed by atoms with E-state index in [1.807, 2.05) is 43.3 Å². The lowest BCUT2D eigenvalue weighted by Crippen LogP contribution is -2.03. The van der Waals surface area contributed by atoms with Gasteiger partial charge in [-0.3, -0.25) is 4.98 Å². The lowest BCUT2D eigenvalue weighted by Gasteiger charge is -2.12. The van der Waals surface area contributed by atoms with Crippen LogP contribution in [0.15, 0.2) is 48.7 Å². The topological polar surface area (TPSA) is 78.5 Å². The predicted octanol–water partition coefficient (Wildman–Crippen LogP) is 3.24. The van der Waals surface area contributed by atoms with Gasteiger partial charge in [0.2, 0.25) is 0 Å². The van der Waals surface area contributed by atoms with E-state index in [2.05, 4.69) is 9.55 Å². The van der Waals surface area contributed by atoms with Crippen LogP contribution in [0.3, 0.4) is 0 Å². The van der Waals surface area contributed by atoms with Crippen LogP contribution in [-0.2, 0) is 19.8 Å². The van der Waals surface area contributed by atoms with E-state index in [0.29, 0.717) is 12.1 Å². The molecule has 5 nitrogen and oxygen atoms in total. The van der Waals surface area contributed by atoms with E-state index in [9.17, 15) is 15.3 Å². The Morgan fingerprint density at radius 3 is 2.54 bits per heavy atom. The first-order chi connectivity index (χ1) is 12.6. The van der Waals surface area contributed by atoms with Crippen LogP contribution in [0.1, 0.15) is 22.4 Å². The summed E-state index contributed by atoms with van der Waals surface area (Å²) in [5.41, 5.74) is 4.97. The number of hydrogen-bond donors (Lipinski definition) is 3. The number of fused-ring (bicyclic) bond motifs is 3. The Morgan fingerprint density at radius 2 is 1.77 bits per heavy atom. The molecular formula is C21H20N2O3. The summed E-state index contributed by atoms with van der Waals surface area (Å²) in [5, 5.41) is 31.6. The van der Waals surface area contributed by atoms with Gasteiger partial charge in [0.25, 0.3) is 0 Å². The number of nitrogens with zero attached hydrogens (tertiary/aromatic N) is 2. The molecule has 132 valence electrons. The highest BCUT2D eigenvalue weighted by atomic mass is 16.3. The minimum absolute atomic E-state index is 0.0278. The largest absolute Gasteiger partial charge is 0.507 e. The minimum atomic E-state index is -0.206. The first kappa shape index (κ1) is 16.6. The van der Waals surface area contributed by atoms with Gasteiger partial charge in [-0.2, -0.15) is 0 Å². The normalized spacial score (nSPS) is 11.5. The van der Waals surface area contributed by atoms with Crippen LogP contribution in [-0.4, -0.2) is 24.9 Å². The number of aliphatic hydroxyl groups excluding tert-OH is 2. The van der Waals surface area contributed by atoms with Crippen molar-refractivity contribution < 1.29 is 15.3 Å². The third-order valence-corrected chi connectivity index (χ3v) is 4.90. The number of hydrogen-bond acceptors (Lipinski definition) is 4. The molecule has 0 amide bonds. The number of para-hydroxylation sites is 1. The number of aliphatic hydroxyl groups is 2. The van der Waals surface area contributed by atoms with Crippen molar-refractivity contribution in [1.29, 1.82) is 0 Å². The fourth-order valence-corrected chi connectivity index (χ4v) is 3.60. The monoisotopic (exact) mass is 348 g/mol. The highest BCUT2D eigenvalue weighted by molar-refractivity contribution is 6.08. The Hall–Kier alpha value is -2.89. The van der Waals surface area contributed by atoms with E-state index in [-0.39, 0.29) is 19.0 Å². The first-order valence-corrected chi connectivity index (χ1v) is 8.52. The summed E-state index contributed by atoms with van der Waals surface area (Å²) in [6.07, 6.45) is 1.80. The number of aromatic nitrogens is 2. The number of rotatable bonds is 4. The molecule has 5 heteroatoms. The van der Waals surface area contributed by atoms with Gasteiger partial charge in [-0.1, -0.05) is 30.3 Å². The molecule has 0 fully saturated rings. The molecule has 2 heterocycles. The third kappa shape index (κ3) is 2.53. The molecule has 0 unspecified atom stereocenters. The van der Waals surface area contributed by atoms with E-state index in [1.54, 1.807) is 12.3 Å². The number of pyridine rings is 1. The molecule has 3 N–H and O–H groups in total. The first-order valence-electron chi connectivity index (χ1n) is 8.52. The van der Waals surface area contributed by atoms with Crippen LogP contribution < -0.4 is 0 Å². The van der Waals surface area contributed by atoms with Crippen LogP contribution in [0.25, 0.3) is 21.8 Å². The molecule has 0 saturated heterocycles. The summed E-state index contributed by atoms with van der Waals surface area (Å²) in [5.74, 6) is 0.116. The van der Waals surface area contributed by atoms with Gasteiger partial charge in [0.05, 0.1) is 31.0 Å². The van der Waals surface area contributed by atoms with Crippen molar-refractivity contribution in [1.82, 2.24) is 9.55 Å². The highest BCUT2D eigenvalue weighted by Gasteiger charge is 2.16. The summed E-state index contributed by atoms with van der Waals surface area (Å²) in [7, 11) is 0. The summed E-state index contributed by atoms with van der Waals surface area (Å²) < 4.78 is 2.11. The second-order valence-electron chi connectivity index (χ2n) is 6.47. The van der Waals surface area contributed by atoms with Crippen LogP contribution >= 0.6 is 0 Å².